The molecule has 0 spiro atoms. The van der Waals surface area contributed by atoms with Crippen LogP contribution in [0.15, 0.2) is 39.7 Å². The highest BCUT2D eigenvalue weighted by Crippen LogP contribution is 2.41. The number of rotatable bonds is 4. The van der Waals surface area contributed by atoms with Crippen LogP contribution in [0.5, 0.6) is 17.2 Å². The quantitative estimate of drug-likeness (QED) is 0.749. The van der Waals surface area contributed by atoms with E-state index < -0.39 is 15.8 Å². The van der Waals surface area contributed by atoms with E-state index in [0.717, 1.165) is 0 Å². The molecular weight excluding hydrogens is 434 g/mol. The van der Waals surface area contributed by atoms with E-state index in [0.29, 0.717) is 21.7 Å². The predicted octanol–water partition coefficient (Wildman–Crippen LogP) is 4.42. The Kier molecular flexibility index (Phi) is 4.55. The van der Waals surface area contributed by atoms with Crippen LogP contribution in [0.4, 0.5) is 5.69 Å². The minimum absolute atomic E-state index is 0.0765. The molecule has 1 N–H and O–H groups in total. The van der Waals surface area contributed by atoms with Crippen molar-refractivity contribution in [2.45, 2.75) is 24.5 Å². The molecule has 0 unspecified atom stereocenters. The second-order valence-corrected chi connectivity index (χ2v) is 8.73. The van der Waals surface area contributed by atoms with Crippen LogP contribution in [-0.2, 0) is 10.0 Å². The zero-order valence-corrected chi connectivity index (χ0v) is 16.8. The van der Waals surface area contributed by atoms with Crippen LogP contribution >= 0.6 is 27.5 Å². The minimum Gasteiger partial charge on any atom is -0.494 e. The van der Waals surface area contributed by atoms with Crippen LogP contribution in [0.1, 0.15) is 13.8 Å². The molecule has 0 amide bonds. The van der Waals surface area contributed by atoms with Crippen molar-refractivity contribution in [2.75, 3.05) is 11.8 Å². The van der Waals surface area contributed by atoms with Gasteiger partial charge in [-0.1, -0.05) is 11.6 Å². The molecule has 9 heteroatoms. The fraction of sp³-hybridized carbons (Fsp3) is 0.250. The summed E-state index contributed by atoms with van der Waals surface area (Å²) in [6.07, 6.45) is 0. The first-order chi connectivity index (χ1) is 11.6. The maximum Gasteiger partial charge on any atom is 0.265 e. The number of ether oxygens (including phenoxy) is 3. The van der Waals surface area contributed by atoms with Crippen LogP contribution in [0, 0.1) is 0 Å². The zero-order chi connectivity index (χ0) is 18.4. The first kappa shape index (κ1) is 18.2. The van der Waals surface area contributed by atoms with E-state index in [4.69, 9.17) is 25.8 Å². The molecule has 2 aromatic rings. The Hall–Kier alpha value is -1.64. The molecule has 0 saturated heterocycles. The number of anilines is 1. The van der Waals surface area contributed by atoms with Crippen molar-refractivity contribution in [1.29, 1.82) is 0 Å². The maximum absolute atomic E-state index is 12.8. The maximum atomic E-state index is 12.8. The standard InChI is InChI=1S/C16H15BrClNO5S/c1-16(2)23-12-5-4-10(8-13(12)24-16)19-25(20,21)14-7-9(18)6-11(17)15(14)22-3/h4-8,19H,1-3H3. The van der Waals surface area contributed by atoms with E-state index >= 15 is 0 Å². The fourth-order valence-electron chi connectivity index (χ4n) is 2.43. The van der Waals surface area contributed by atoms with Gasteiger partial charge in [0.1, 0.15) is 4.90 Å². The molecule has 0 atom stereocenters. The summed E-state index contributed by atoms with van der Waals surface area (Å²) in [4.78, 5) is -0.0765. The third kappa shape index (κ3) is 3.65. The first-order valence-corrected chi connectivity index (χ1v) is 9.85. The van der Waals surface area contributed by atoms with Crippen molar-refractivity contribution in [1.82, 2.24) is 0 Å². The summed E-state index contributed by atoms with van der Waals surface area (Å²) in [5.41, 5.74) is 0.332. The van der Waals surface area contributed by atoms with Crippen molar-refractivity contribution in [2.24, 2.45) is 0 Å². The molecule has 0 bridgehead atoms. The van der Waals surface area contributed by atoms with Crippen LogP contribution in [0.2, 0.25) is 5.02 Å². The van der Waals surface area contributed by atoms with Crippen LogP contribution in [0.3, 0.4) is 0 Å². The van der Waals surface area contributed by atoms with Gasteiger partial charge in [0.05, 0.1) is 17.3 Å². The molecule has 0 aromatic heterocycles. The number of methoxy groups -OCH3 is 1. The second kappa shape index (κ2) is 6.26. The van der Waals surface area contributed by atoms with Crippen molar-refractivity contribution >= 4 is 43.2 Å². The highest BCUT2D eigenvalue weighted by atomic mass is 79.9. The molecule has 0 saturated carbocycles. The van der Waals surface area contributed by atoms with Gasteiger partial charge in [0.25, 0.3) is 10.0 Å². The number of sulfonamides is 1. The Morgan fingerprint density at radius 2 is 1.84 bits per heavy atom. The molecule has 0 aliphatic carbocycles. The molecular formula is C16H15BrClNO5S. The summed E-state index contributed by atoms with van der Waals surface area (Å²) in [6, 6.07) is 7.68. The lowest BCUT2D eigenvalue weighted by Gasteiger charge is -2.16. The molecule has 1 heterocycles. The van der Waals surface area contributed by atoms with Gasteiger partial charge in [-0.25, -0.2) is 8.42 Å². The average molecular weight is 449 g/mol. The summed E-state index contributed by atoms with van der Waals surface area (Å²) in [7, 11) is -2.55. The van der Waals surface area contributed by atoms with E-state index in [1.165, 1.54) is 13.2 Å². The predicted molar refractivity (Wildman–Crippen MR) is 98.3 cm³/mol. The second-order valence-electron chi connectivity index (χ2n) is 5.79. The van der Waals surface area contributed by atoms with Crippen LogP contribution < -0.4 is 18.9 Å². The molecule has 6 nitrogen and oxygen atoms in total. The van der Waals surface area contributed by atoms with E-state index in [9.17, 15) is 8.42 Å². The Morgan fingerprint density at radius 1 is 1.16 bits per heavy atom. The van der Waals surface area contributed by atoms with Crippen LogP contribution in [-0.4, -0.2) is 21.3 Å². The fourth-order valence-corrected chi connectivity index (χ4v) is 4.87. The average Bonchev–Trinajstić information content (AvgIpc) is 2.79. The van der Waals surface area contributed by atoms with Crippen molar-refractivity contribution in [3.8, 4) is 17.2 Å². The Labute approximate surface area is 159 Å². The van der Waals surface area contributed by atoms with Gasteiger partial charge >= 0.3 is 0 Å². The topological polar surface area (TPSA) is 73.9 Å². The highest BCUT2D eigenvalue weighted by molar-refractivity contribution is 9.10. The van der Waals surface area contributed by atoms with Gasteiger partial charge in [-0.05, 0) is 40.2 Å². The summed E-state index contributed by atoms with van der Waals surface area (Å²) >= 11 is 9.23. The molecule has 1 aliphatic heterocycles. The Bertz CT molecular complexity index is 946. The lowest BCUT2D eigenvalue weighted by atomic mass is 10.3. The van der Waals surface area contributed by atoms with Gasteiger partial charge in [-0.2, -0.15) is 0 Å². The summed E-state index contributed by atoms with van der Waals surface area (Å²) in [5.74, 6) is 0.389. The zero-order valence-electron chi connectivity index (χ0n) is 13.6. The van der Waals surface area contributed by atoms with E-state index in [1.54, 1.807) is 38.1 Å². The third-order valence-corrected chi connectivity index (χ3v) is 5.57. The Morgan fingerprint density at radius 3 is 2.52 bits per heavy atom. The van der Waals surface area contributed by atoms with Gasteiger partial charge in [0.15, 0.2) is 17.2 Å². The molecule has 0 fully saturated rings. The van der Waals surface area contributed by atoms with Crippen LogP contribution in [0.25, 0.3) is 0 Å². The van der Waals surface area contributed by atoms with Gasteiger partial charge < -0.3 is 14.2 Å². The van der Waals surface area contributed by atoms with Gasteiger partial charge in [-0.15, -0.1) is 0 Å². The van der Waals surface area contributed by atoms with E-state index in [1.807, 2.05) is 0 Å². The number of hydrogen-bond acceptors (Lipinski definition) is 5. The summed E-state index contributed by atoms with van der Waals surface area (Å²) < 4.78 is 44.9. The third-order valence-electron chi connectivity index (χ3n) is 3.38. The van der Waals surface area contributed by atoms with E-state index in [-0.39, 0.29) is 15.7 Å². The SMILES string of the molecule is COc1c(Br)cc(Cl)cc1S(=O)(=O)Nc1ccc2c(c1)OC(C)(C)O2. The molecule has 25 heavy (non-hydrogen) atoms. The van der Waals surface area contributed by atoms with Gasteiger partial charge in [0.2, 0.25) is 5.79 Å². The summed E-state index contributed by atoms with van der Waals surface area (Å²) in [6.45, 7) is 3.54. The molecule has 0 radical (unpaired) electrons. The smallest absolute Gasteiger partial charge is 0.265 e. The molecule has 1 aliphatic rings. The lowest BCUT2D eigenvalue weighted by Crippen LogP contribution is -2.29. The largest absolute Gasteiger partial charge is 0.494 e. The normalized spacial score (nSPS) is 15.1. The molecule has 134 valence electrons. The Balaban J connectivity index is 1.97. The minimum atomic E-state index is -3.93. The van der Waals surface area contributed by atoms with Gasteiger partial charge in [-0.3, -0.25) is 4.72 Å². The van der Waals surface area contributed by atoms with Gasteiger partial charge in [0, 0.05) is 24.9 Å². The molecule has 2 aromatic carbocycles. The monoisotopic (exact) mass is 447 g/mol. The number of fused-ring (bicyclic) bond motifs is 1. The van der Waals surface area contributed by atoms with Crippen molar-refractivity contribution in [3.05, 3.63) is 39.8 Å². The lowest BCUT2D eigenvalue weighted by molar-refractivity contribution is -0.0431. The highest BCUT2D eigenvalue weighted by Gasteiger charge is 2.32. The van der Waals surface area contributed by atoms with Crippen molar-refractivity contribution < 1.29 is 22.6 Å². The summed E-state index contributed by atoms with van der Waals surface area (Å²) in [5, 5.41) is 0.264. The van der Waals surface area contributed by atoms with E-state index in [2.05, 4.69) is 20.7 Å². The first-order valence-electron chi connectivity index (χ1n) is 7.19. The molecule has 3 rings (SSSR count). The number of halogens is 2. The number of hydrogen-bond donors (Lipinski definition) is 1. The van der Waals surface area contributed by atoms with Crippen molar-refractivity contribution in [3.63, 3.8) is 0 Å². The number of benzene rings is 2. The number of nitrogens with one attached hydrogen (secondary N) is 1.